The summed E-state index contributed by atoms with van der Waals surface area (Å²) < 4.78 is 0. The van der Waals surface area contributed by atoms with E-state index < -0.39 is 0 Å². The molecule has 0 aromatic heterocycles. The maximum atomic E-state index is 5.82. The fraction of sp³-hybridized carbons (Fsp3) is 0.778. The predicted molar refractivity (Wildman–Crippen MR) is 44.7 cm³/mol. The van der Waals surface area contributed by atoms with Crippen LogP contribution in [0.3, 0.4) is 0 Å². The molecule has 0 spiro atoms. The SMILES string of the molecule is C=CCC(N)CC1CCC1. The van der Waals surface area contributed by atoms with Gasteiger partial charge >= 0.3 is 0 Å². The van der Waals surface area contributed by atoms with E-state index in [1.54, 1.807) is 0 Å². The first-order chi connectivity index (χ1) is 4.83. The topological polar surface area (TPSA) is 26.0 Å². The molecule has 2 N–H and O–H groups in total. The van der Waals surface area contributed by atoms with E-state index in [0.717, 1.165) is 12.3 Å². The van der Waals surface area contributed by atoms with Crippen molar-refractivity contribution in [3.05, 3.63) is 12.7 Å². The molecule has 1 rings (SSSR count). The average molecular weight is 139 g/mol. The van der Waals surface area contributed by atoms with Crippen molar-refractivity contribution >= 4 is 0 Å². The Morgan fingerprint density at radius 3 is 2.70 bits per heavy atom. The molecule has 10 heavy (non-hydrogen) atoms. The summed E-state index contributed by atoms with van der Waals surface area (Å²) in [6.45, 7) is 3.67. The fourth-order valence-electron chi connectivity index (χ4n) is 1.47. The Balaban J connectivity index is 2.04. The van der Waals surface area contributed by atoms with Gasteiger partial charge in [0.25, 0.3) is 0 Å². The highest BCUT2D eigenvalue weighted by atomic mass is 14.6. The Kier molecular flexibility index (Phi) is 2.94. The zero-order valence-corrected chi connectivity index (χ0v) is 6.55. The highest BCUT2D eigenvalue weighted by molar-refractivity contribution is 4.80. The van der Waals surface area contributed by atoms with Gasteiger partial charge in [0.05, 0.1) is 0 Å². The minimum Gasteiger partial charge on any atom is -0.327 e. The molecule has 1 aliphatic carbocycles. The Morgan fingerprint density at radius 1 is 1.60 bits per heavy atom. The number of hydrogen-bond acceptors (Lipinski definition) is 1. The van der Waals surface area contributed by atoms with Crippen LogP contribution in [0, 0.1) is 5.92 Å². The van der Waals surface area contributed by atoms with E-state index in [4.69, 9.17) is 5.73 Å². The average Bonchev–Trinajstić information content (AvgIpc) is 1.80. The summed E-state index contributed by atoms with van der Waals surface area (Å²) in [5.41, 5.74) is 5.82. The third-order valence-corrected chi connectivity index (χ3v) is 2.33. The van der Waals surface area contributed by atoms with Gasteiger partial charge in [-0.3, -0.25) is 0 Å². The van der Waals surface area contributed by atoms with E-state index in [9.17, 15) is 0 Å². The van der Waals surface area contributed by atoms with Crippen molar-refractivity contribution in [2.24, 2.45) is 11.7 Å². The lowest BCUT2D eigenvalue weighted by molar-refractivity contribution is 0.276. The van der Waals surface area contributed by atoms with Gasteiger partial charge in [-0.15, -0.1) is 6.58 Å². The lowest BCUT2D eigenvalue weighted by atomic mass is 9.80. The van der Waals surface area contributed by atoms with E-state index in [2.05, 4.69) is 6.58 Å². The van der Waals surface area contributed by atoms with Gasteiger partial charge in [0.2, 0.25) is 0 Å². The van der Waals surface area contributed by atoms with Gasteiger partial charge in [0, 0.05) is 6.04 Å². The summed E-state index contributed by atoms with van der Waals surface area (Å²) in [7, 11) is 0. The molecule has 58 valence electrons. The third-order valence-electron chi connectivity index (χ3n) is 2.33. The zero-order valence-electron chi connectivity index (χ0n) is 6.55. The highest BCUT2D eigenvalue weighted by Gasteiger charge is 2.19. The normalized spacial score (nSPS) is 21.7. The summed E-state index contributed by atoms with van der Waals surface area (Å²) >= 11 is 0. The smallest absolute Gasteiger partial charge is 0.00759 e. The summed E-state index contributed by atoms with van der Waals surface area (Å²) in [5, 5.41) is 0. The van der Waals surface area contributed by atoms with Crippen molar-refractivity contribution < 1.29 is 0 Å². The van der Waals surface area contributed by atoms with Gasteiger partial charge in [0.15, 0.2) is 0 Å². The maximum absolute atomic E-state index is 5.82. The molecule has 0 aromatic rings. The van der Waals surface area contributed by atoms with Crippen LogP contribution >= 0.6 is 0 Å². The van der Waals surface area contributed by atoms with E-state index in [-0.39, 0.29) is 0 Å². The van der Waals surface area contributed by atoms with E-state index >= 15 is 0 Å². The molecule has 0 saturated heterocycles. The van der Waals surface area contributed by atoms with Gasteiger partial charge < -0.3 is 5.73 Å². The molecule has 1 atom stereocenters. The second kappa shape index (κ2) is 3.77. The van der Waals surface area contributed by atoms with Crippen molar-refractivity contribution in [3.63, 3.8) is 0 Å². The summed E-state index contributed by atoms with van der Waals surface area (Å²) in [6, 6.07) is 0.378. The molecule has 0 radical (unpaired) electrons. The van der Waals surface area contributed by atoms with Gasteiger partial charge in [-0.1, -0.05) is 25.3 Å². The lowest BCUT2D eigenvalue weighted by Crippen LogP contribution is -2.25. The molecular weight excluding hydrogens is 122 g/mol. The highest BCUT2D eigenvalue weighted by Crippen LogP contribution is 2.30. The van der Waals surface area contributed by atoms with Crippen molar-refractivity contribution in [3.8, 4) is 0 Å². The Hall–Kier alpha value is -0.300. The maximum Gasteiger partial charge on any atom is 0.00759 e. The van der Waals surface area contributed by atoms with Crippen molar-refractivity contribution in [2.45, 2.75) is 38.1 Å². The minimum atomic E-state index is 0.378. The second-order valence-electron chi connectivity index (χ2n) is 3.32. The van der Waals surface area contributed by atoms with Crippen LogP contribution in [0.15, 0.2) is 12.7 Å². The van der Waals surface area contributed by atoms with Crippen LogP contribution < -0.4 is 5.73 Å². The number of rotatable bonds is 4. The fourth-order valence-corrected chi connectivity index (χ4v) is 1.47. The van der Waals surface area contributed by atoms with Gasteiger partial charge in [-0.2, -0.15) is 0 Å². The van der Waals surface area contributed by atoms with Crippen LogP contribution in [-0.2, 0) is 0 Å². The van der Waals surface area contributed by atoms with Gasteiger partial charge in [0.1, 0.15) is 0 Å². The largest absolute Gasteiger partial charge is 0.327 e. The molecule has 1 nitrogen and oxygen atoms in total. The van der Waals surface area contributed by atoms with Crippen LogP contribution in [-0.4, -0.2) is 6.04 Å². The van der Waals surface area contributed by atoms with Gasteiger partial charge in [-0.25, -0.2) is 0 Å². The predicted octanol–water partition coefficient (Wildman–Crippen LogP) is 2.08. The second-order valence-corrected chi connectivity index (χ2v) is 3.32. The monoisotopic (exact) mass is 139 g/mol. The van der Waals surface area contributed by atoms with Crippen molar-refractivity contribution in [2.75, 3.05) is 0 Å². The van der Waals surface area contributed by atoms with Crippen LogP contribution in [0.2, 0.25) is 0 Å². The molecule has 0 aromatic carbocycles. The van der Waals surface area contributed by atoms with E-state index in [1.807, 2.05) is 6.08 Å². The Morgan fingerprint density at radius 2 is 2.30 bits per heavy atom. The molecule has 1 heteroatoms. The van der Waals surface area contributed by atoms with Crippen LogP contribution in [0.5, 0.6) is 0 Å². The van der Waals surface area contributed by atoms with E-state index in [0.29, 0.717) is 6.04 Å². The van der Waals surface area contributed by atoms with Crippen molar-refractivity contribution in [1.29, 1.82) is 0 Å². The van der Waals surface area contributed by atoms with Crippen LogP contribution in [0.4, 0.5) is 0 Å². The van der Waals surface area contributed by atoms with Crippen molar-refractivity contribution in [1.82, 2.24) is 0 Å². The molecule has 1 unspecified atom stereocenters. The minimum absolute atomic E-state index is 0.378. The molecule has 0 amide bonds. The molecule has 1 aliphatic rings. The molecule has 0 bridgehead atoms. The summed E-state index contributed by atoms with van der Waals surface area (Å²) in [5.74, 6) is 0.940. The standard InChI is InChI=1S/C9H17N/c1-2-4-9(10)7-8-5-3-6-8/h2,8-9H,1,3-7,10H2. The molecule has 1 saturated carbocycles. The number of hydrogen-bond donors (Lipinski definition) is 1. The molecular formula is C9H17N. The Labute approximate surface area is 63.3 Å². The van der Waals surface area contributed by atoms with Crippen LogP contribution in [0.25, 0.3) is 0 Å². The molecule has 0 heterocycles. The Bertz CT molecular complexity index is 105. The first-order valence-corrected chi connectivity index (χ1v) is 4.19. The third kappa shape index (κ3) is 2.14. The van der Waals surface area contributed by atoms with Crippen LogP contribution in [0.1, 0.15) is 32.1 Å². The molecule has 1 fully saturated rings. The molecule has 0 aliphatic heterocycles. The first kappa shape index (κ1) is 7.80. The summed E-state index contributed by atoms with van der Waals surface area (Å²) in [4.78, 5) is 0. The quantitative estimate of drug-likeness (QED) is 0.593. The van der Waals surface area contributed by atoms with E-state index in [1.165, 1.54) is 25.7 Å². The lowest BCUT2D eigenvalue weighted by Gasteiger charge is -2.27. The number of nitrogens with two attached hydrogens (primary N) is 1. The zero-order chi connectivity index (χ0) is 7.40. The summed E-state index contributed by atoms with van der Waals surface area (Å²) in [6.07, 6.45) is 8.35. The van der Waals surface area contributed by atoms with Gasteiger partial charge in [-0.05, 0) is 18.8 Å². The first-order valence-electron chi connectivity index (χ1n) is 4.19.